The maximum atomic E-state index is 13.8. The largest absolute Gasteiger partial charge is 0.487 e. The van der Waals surface area contributed by atoms with E-state index in [0.717, 1.165) is 38.0 Å². The van der Waals surface area contributed by atoms with Gasteiger partial charge in [-0.25, -0.2) is 14.2 Å². The number of nitrogens with zero attached hydrogens (tertiary/aromatic N) is 3. The molecule has 3 aromatic carbocycles. The van der Waals surface area contributed by atoms with Crippen molar-refractivity contribution in [1.82, 2.24) is 14.6 Å². The molecule has 1 N–H and O–H groups in total. The highest BCUT2D eigenvalue weighted by Crippen LogP contribution is 2.54. The Morgan fingerprint density at radius 2 is 1.73 bits per heavy atom. The minimum atomic E-state index is -1.67. The maximum Gasteiger partial charge on any atom is 0.362 e. The Bertz CT molecular complexity index is 1890. The molecule has 3 heterocycles. The predicted molar refractivity (Wildman–Crippen MR) is 176 cm³/mol. The molecule has 7 nitrogen and oxygen atoms in total. The summed E-state index contributed by atoms with van der Waals surface area (Å²) in [4.78, 5) is 24.8. The van der Waals surface area contributed by atoms with Crippen LogP contribution in [0, 0.1) is 11.2 Å². The second-order valence-corrected chi connectivity index (χ2v) is 15.5. The van der Waals surface area contributed by atoms with Gasteiger partial charge in [-0.3, -0.25) is 4.84 Å². The summed E-state index contributed by atoms with van der Waals surface area (Å²) in [5.74, 6) is -0.761. The van der Waals surface area contributed by atoms with E-state index in [1.165, 1.54) is 12.1 Å². The minimum Gasteiger partial charge on any atom is -0.487 e. The Labute approximate surface area is 266 Å². The number of pyridine rings is 1. The first kappa shape index (κ1) is 31.1. The van der Waals surface area contributed by atoms with Crippen molar-refractivity contribution >= 4 is 39.5 Å². The molecular weight excluding hydrogens is 589 g/mol. The zero-order valence-corrected chi connectivity index (χ0v) is 27.2. The molecule has 1 fully saturated rings. The Morgan fingerprint density at radius 3 is 2.42 bits per heavy atom. The van der Waals surface area contributed by atoms with Gasteiger partial charge in [-0.15, -0.1) is 16.8 Å². The number of hydrogen-bond donors (Lipinski definition) is 1. The molecule has 0 aliphatic carbocycles. The number of para-hydroxylation sites is 1. The fourth-order valence-electron chi connectivity index (χ4n) is 5.54. The van der Waals surface area contributed by atoms with Crippen LogP contribution in [0.4, 0.5) is 4.39 Å². The summed E-state index contributed by atoms with van der Waals surface area (Å²) in [6.45, 7) is 13.5. The van der Waals surface area contributed by atoms with E-state index in [2.05, 4.69) is 20.8 Å². The number of ether oxygens (including phenoxy) is 1. The average molecular weight is 628 g/mol. The van der Waals surface area contributed by atoms with Gasteiger partial charge in [0.05, 0.1) is 22.4 Å². The molecule has 2 atom stereocenters. The van der Waals surface area contributed by atoms with Crippen molar-refractivity contribution in [3.63, 3.8) is 0 Å². The Hall–Kier alpha value is -3.92. The maximum absolute atomic E-state index is 13.8. The first-order chi connectivity index (χ1) is 21.2. The van der Waals surface area contributed by atoms with Crippen molar-refractivity contribution < 1.29 is 23.9 Å². The molecule has 6 rings (SSSR count). The Balaban J connectivity index is 1.48. The van der Waals surface area contributed by atoms with E-state index < -0.39 is 11.7 Å². The van der Waals surface area contributed by atoms with Crippen molar-refractivity contribution in [1.29, 1.82) is 0 Å². The van der Waals surface area contributed by atoms with Crippen molar-refractivity contribution in [3.05, 3.63) is 102 Å². The molecule has 1 aliphatic heterocycles. The molecule has 2 aromatic heterocycles. The molecule has 1 aliphatic rings. The smallest absolute Gasteiger partial charge is 0.362 e. The molecule has 0 spiro atoms. The molecule has 5 aromatic rings. The fourth-order valence-corrected chi connectivity index (χ4v) is 6.77. The van der Waals surface area contributed by atoms with E-state index in [9.17, 15) is 14.3 Å². The van der Waals surface area contributed by atoms with Crippen LogP contribution in [0.5, 0.6) is 5.75 Å². The molecule has 9 heteroatoms. The number of benzene rings is 3. The van der Waals surface area contributed by atoms with Gasteiger partial charge in [-0.1, -0.05) is 77.9 Å². The van der Waals surface area contributed by atoms with Crippen molar-refractivity contribution in [2.75, 3.05) is 6.54 Å². The summed E-state index contributed by atoms with van der Waals surface area (Å²) in [5, 5.41) is 14.3. The number of aromatic nitrogens is 2. The van der Waals surface area contributed by atoms with Gasteiger partial charge < -0.3 is 14.4 Å². The molecule has 2 unspecified atom stereocenters. The number of carboxylic acid groups (broad SMARTS) is 1. The third-order valence-corrected chi connectivity index (χ3v) is 8.71. The summed E-state index contributed by atoms with van der Waals surface area (Å²) in [7, 11) is 0. The monoisotopic (exact) mass is 627 g/mol. The van der Waals surface area contributed by atoms with Crippen LogP contribution in [-0.4, -0.2) is 37.0 Å². The number of hydroxylamine groups is 2. The summed E-state index contributed by atoms with van der Waals surface area (Å²) in [6, 6.07) is 24.1. The lowest BCUT2D eigenvalue weighted by molar-refractivity contribution is -0.144. The van der Waals surface area contributed by atoms with Crippen LogP contribution >= 0.6 is 11.8 Å². The fraction of sp³-hybridized carbons (Fsp3) is 0.333. The normalized spacial score (nSPS) is 18.4. The van der Waals surface area contributed by atoms with E-state index in [1.54, 1.807) is 29.0 Å². The van der Waals surface area contributed by atoms with Crippen molar-refractivity contribution in [2.24, 2.45) is 5.41 Å². The lowest BCUT2D eigenvalue weighted by atomic mass is 9.96. The lowest BCUT2D eigenvalue weighted by Gasteiger charge is -2.22. The van der Waals surface area contributed by atoms with Gasteiger partial charge in [-0.05, 0) is 53.4 Å². The molecule has 0 saturated carbocycles. The van der Waals surface area contributed by atoms with Gasteiger partial charge in [0.15, 0.2) is 0 Å². The SMILES string of the molecule is CC(C)(C)CN1OC1(C(=O)O)c1c(SC(C)(C)C)c2cc(OCc3ccc4ccccc4n3)ccc2n1Cc1ccc(F)cc1. The van der Waals surface area contributed by atoms with Gasteiger partial charge in [-0.2, -0.15) is 0 Å². The first-order valence-electron chi connectivity index (χ1n) is 15.0. The van der Waals surface area contributed by atoms with Crippen LogP contribution in [0.3, 0.4) is 0 Å². The highest BCUT2D eigenvalue weighted by molar-refractivity contribution is 8.00. The van der Waals surface area contributed by atoms with Crippen LogP contribution in [-0.2, 0) is 28.5 Å². The van der Waals surface area contributed by atoms with E-state index in [0.29, 0.717) is 24.5 Å². The number of fused-ring (bicyclic) bond motifs is 2. The third-order valence-electron chi connectivity index (χ3n) is 7.48. The highest BCUT2D eigenvalue weighted by Gasteiger charge is 2.67. The van der Waals surface area contributed by atoms with Gasteiger partial charge >= 0.3 is 11.7 Å². The van der Waals surface area contributed by atoms with Crippen molar-refractivity contribution in [3.8, 4) is 5.75 Å². The van der Waals surface area contributed by atoms with E-state index in [-0.39, 0.29) is 22.6 Å². The lowest BCUT2D eigenvalue weighted by Crippen LogP contribution is -2.33. The standard InChI is InChI=1S/C36H38FN3O4S/c1-34(2,3)22-40-36(44-40,33(41)42)32-31(45-35(4,5)6)28-19-27(43-21-26-16-13-24-9-7-8-10-29(24)38-26)17-18-30(28)39(32)20-23-11-14-25(37)15-12-23/h7-19H,20-22H2,1-6H3,(H,41,42). The van der Waals surface area contributed by atoms with Gasteiger partial charge in [0.1, 0.15) is 18.2 Å². The highest BCUT2D eigenvalue weighted by atomic mass is 32.2. The zero-order chi connectivity index (χ0) is 32.1. The molecular formula is C36H38FN3O4S. The topological polar surface area (TPSA) is 79.9 Å². The number of rotatable bonds is 9. The van der Waals surface area contributed by atoms with Crippen LogP contribution in [0.1, 0.15) is 58.5 Å². The molecule has 45 heavy (non-hydrogen) atoms. The van der Waals surface area contributed by atoms with Gasteiger partial charge in [0.25, 0.3) is 0 Å². The van der Waals surface area contributed by atoms with E-state index >= 15 is 0 Å². The van der Waals surface area contributed by atoms with Gasteiger partial charge in [0.2, 0.25) is 0 Å². The van der Waals surface area contributed by atoms with Crippen LogP contribution in [0.2, 0.25) is 0 Å². The predicted octanol–water partition coefficient (Wildman–Crippen LogP) is 8.38. The molecule has 0 radical (unpaired) electrons. The van der Waals surface area contributed by atoms with E-state index in [1.807, 2.05) is 79.9 Å². The number of thioether (sulfide) groups is 1. The number of aliphatic carboxylic acids is 1. The summed E-state index contributed by atoms with van der Waals surface area (Å²) < 4.78 is 21.9. The van der Waals surface area contributed by atoms with Gasteiger partial charge in [0, 0.05) is 33.5 Å². The molecule has 1 saturated heterocycles. The molecule has 234 valence electrons. The number of carboxylic acids is 1. The molecule has 0 bridgehead atoms. The minimum absolute atomic E-state index is 0.208. The van der Waals surface area contributed by atoms with E-state index in [4.69, 9.17) is 14.6 Å². The van der Waals surface area contributed by atoms with Crippen LogP contribution in [0.15, 0.2) is 83.8 Å². The van der Waals surface area contributed by atoms with Crippen molar-refractivity contribution in [2.45, 2.75) is 70.1 Å². The number of carbonyl (C=O) groups is 1. The second-order valence-electron chi connectivity index (χ2n) is 13.7. The Kier molecular flexibility index (Phi) is 7.92. The number of hydrogen-bond acceptors (Lipinski definition) is 6. The summed E-state index contributed by atoms with van der Waals surface area (Å²) in [6.07, 6.45) is 0. The summed E-state index contributed by atoms with van der Waals surface area (Å²) >= 11 is 1.60. The second kappa shape index (κ2) is 11.5. The summed E-state index contributed by atoms with van der Waals surface area (Å²) in [5.41, 5.74) is 2.06. The van der Waals surface area contributed by atoms with Crippen LogP contribution in [0.25, 0.3) is 21.8 Å². The van der Waals surface area contributed by atoms with Crippen LogP contribution < -0.4 is 4.74 Å². The molecule has 0 amide bonds. The third kappa shape index (κ3) is 6.43. The number of halogens is 1. The first-order valence-corrected chi connectivity index (χ1v) is 15.8. The average Bonchev–Trinajstić information content (AvgIpc) is 3.60. The zero-order valence-electron chi connectivity index (χ0n) is 26.4. The Morgan fingerprint density at radius 1 is 1.00 bits per heavy atom. The quantitative estimate of drug-likeness (QED) is 0.130.